The van der Waals surface area contributed by atoms with Crippen LogP contribution in [-0.2, 0) is 23.3 Å². The molecule has 4 aromatic rings. The average Bonchev–Trinajstić information content (AvgIpc) is 3.71. The van der Waals surface area contributed by atoms with Crippen LogP contribution in [-0.4, -0.2) is 97.7 Å². The van der Waals surface area contributed by atoms with Crippen LogP contribution in [0.15, 0.2) is 23.8 Å². The maximum atomic E-state index is 15.6. The van der Waals surface area contributed by atoms with Gasteiger partial charge in [0, 0.05) is 0 Å². The Morgan fingerprint density at radius 3 is 2.67 bits per heavy atom. The maximum Gasteiger partial charge on any atom is 0.469 e. The summed E-state index contributed by atoms with van der Waals surface area (Å²) in [4.78, 5) is 52.9. The molecular weight excluding hydrogens is 586 g/mol. The normalized spacial score (nSPS) is 27.3. The van der Waals surface area contributed by atoms with Gasteiger partial charge in [-0.05, 0) is 12.8 Å². The van der Waals surface area contributed by atoms with E-state index in [-0.39, 0.29) is 34.1 Å². The molecule has 0 spiro atoms. The molecule has 7 atom stereocenters. The molecule has 6 heterocycles. The fourth-order valence-electron chi connectivity index (χ4n) is 5.06. The number of rotatable bonds is 9. The number of nitrogen functional groups attached to an aromatic ring is 2. The van der Waals surface area contributed by atoms with Gasteiger partial charge in [-0.1, -0.05) is 0 Å². The number of nitrogens with two attached hydrogens (primary N) is 2. The van der Waals surface area contributed by atoms with E-state index >= 15 is 4.39 Å². The molecule has 226 valence electrons. The summed E-state index contributed by atoms with van der Waals surface area (Å²) in [6.45, 7) is -1.17. The largest absolute Gasteiger partial charge is 0.469 e. The third kappa shape index (κ3) is 5.34. The summed E-state index contributed by atoms with van der Waals surface area (Å²) in [5.74, 6) is -0.0143. The topological polar surface area (TPSA) is 274 Å². The minimum atomic E-state index is -4.92. The Kier molecular flexibility index (Phi) is 7.39. The smallest absolute Gasteiger partial charge is 0.388 e. The van der Waals surface area contributed by atoms with E-state index < -0.39 is 69.6 Å². The Morgan fingerprint density at radius 2 is 1.88 bits per heavy atom. The zero-order chi connectivity index (χ0) is 29.8. The van der Waals surface area contributed by atoms with Gasteiger partial charge in [-0.25, -0.2) is 28.9 Å². The number of imidazole rings is 2. The van der Waals surface area contributed by atoms with E-state index in [4.69, 9.17) is 35.5 Å². The molecule has 0 aromatic carbocycles. The lowest BCUT2D eigenvalue weighted by Crippen LogP contribution is -2.37. The number of H-pyrrole nitrogens is 1. The summed E-state index contributed by atoms with van der Waals surface area (Å²) in [6.07, 6.45) is -3.86. The number of anilines is 2. The molecule has 0 bridgehead atoms. The number of phosphoric ester groups is 1. The van der Waals surface area contributed by atoms with Crippen molar-refractivity contribution in [2.45, 2.75) is 55.9 Å². The van der Waals surface area contributed by atoms with E-state index in [1.807, 2.05) is 0 Å². The number of nitrogens with one attached hydrogen (secondary N) is 1. The molecule has 2 saturated heterocycles. The van der Waals surface area contributed by atoms with Crippen molar-refractivity contribution < 1.29 is 42.6 Å². The van der Waals surface area contributed by atoms with E-state index in [0.717, 1.165) is 0 Å². The minimum absolute atomic E-state index is 0.0731. The van der Waals surface area contributed by atoms with Crippen LogP contribution in [0.4, 0.5) is 16.2 Å². The number of ether oxygens (including phenoxy) is 3. The predicted octanol–water partition coefficient (Wildman–Crippen LogP) is -1.11. The first-order chi connectivity index (χ1) is 20.0. The fraction of sp³-hybridized carbons (Fsp3) is 0.524. The van der Waals surface area contributed by atoms with Gasteiger partial charge in [0.2, 0.25) is 5.95 Å². The van der Waals surface area contributed by atoms with Crippen LogP contribution in [0.1, 0.15) is 25.3 Å². The number of hydrogen-bond donors (Lipinski definition) is 6. The van der Waals surface area contributed by atoms with Crippen LogP contribution in [0.25, 0.3) is 22.3 Å². The van der Waals surface area contributed by atoms with E-state index in [1.165, 1.54) is 28.1 Å². The SMILES string of the molecule is Nc1nc2c(ncn2[C@H]2CCC(C(O)COC3C(F)C(COP(=O)(O)O)OC3n3cnc4c(N)ncnc43)O2)c(=O)[nH]1. The van der Waals surface area contributed by atoms with Gasteiger partial charge in [-0.15, -0.1) is 0 Å². The number of alkyl halides is 1. The van der Waals surface area contributed by atoms with Crippen molar-refractivity contribution >= 4 is 41.9 Å². The van der Waals surface area contributed by atoms with Crippen LogP contribution in [0.5, 0.6) is 0 Å². The predicted molar refractivity (Wildman–Crippen MR) is 138 cm³/mol. The van der Waals surface area contributed by atoms with Gasteiger partial charge in [-0.3, -0.25) is 23.4 Å². The van der Waals surface area contributed by atoms with Gasteiger partial charge in [0.25, 0.3) is 5.56 Å². The highest BCUT2D eigenvalue weighted by Crippen LogP contribution is 2.41. The Bertz CT molecular complexity index is 1710. The summed E-state index contributed by atoms with van der Waals surface area (Å²) in [5, 5.41) is 10.9. The first-order valence-electron chi connectivity index (χ1n) is 12.6. The summed E-state index contributed by atoms with van der Waals surface area (Å²) >= 11 is 0. The lowest BCUT2D eigenvalue weighted by atomic mass is 10.1. The molecule has 6 rings (SSSR count). The van der Waals surface area contributed by atoms with Crippen molar-refractivity contribution in [3.8, 4) is 0 Å². The van der Waals surface area contributed by atoms with Gasteiger partial charge in [0.05, 0.1) is 32.0 Å². The van der Waals surface area contributed by atoms with Gasteiger partial charge in [0.15, 0.2) is 35.0 Å². The molecule has 2 aliphatic rings. The number of phosphoric acid groups is 1. The van der Waals surface area contributed by atoms with Crippen LogP contribution in [0.2, 0.25) is 0 Å². The Hall–Kier alpha value is -3.62. The highest BCUT2D eigenvalue weighted by atomic mass is 31.2. The number of aliphatic hydroxyl groups is 1. The number of nitrogens with zero attached hydrogens (tertiary/aromatic N) is 7. The molecule has 19 nitrogen and oxygen atoms in total. The summed E-state index contributed by atoms with van der Waals surface area (Å²) in [7, 11) is -4.92. The van der Waals surface area contributed by atoms with Crippen molar-refractivity contribution in [3.05, 3.63) is 29.3 Å². The molecule has 8 N–H and O–H groups in total. The highest BCUT2D eigenvalue weighted by molar-refractivity contribution is 7.46. The zero-order valence-corrected chi connectivity index (χ0v) is 22.4. The van der Waals surface area contributed by atoms with E-state index in [1.54, 1.807) is 0 Å². The van der Waals surface area contributed by atoms with Gasteiger partial charge < -0.3 is 40.6 Å². The van der Waals surface area contributed by atoms with E-state index in [0.29, 0.717) is 12.8 Å². The molecule has 6 unspecified atom stereocenters. The molecule has 21 heteroatoms. The Balaban J connectivity index is 1.17. The zero-order valence-electron chi connectivity index (χ0n) is 21.5. The van der Waals surface area contributed by atoms with Crippen molar-refractivity contribution in [3.63, 3.8) is 0 Å². The molecule has 4 aromatic heterocycles. The van der Waals surface area contributed by atoms with Crippen LogP contribution >= 0.6 is 7.82 Å². The van der Waals surface area contributed by atoms with Crippen molar-refractivity contribution in [1.29, 1.82) is 0 Å². The Labute approximate surface area is 233 Å². The number of fused-ring (bicyclic) bond motifs is 2. The summed E-state index contributed by atoms with van der Waals surface area (Å²) < 4.78 is 51.7. The second-order valence-corrected chi connectivity index (χ2v) is 11.0. The van der Waals surface area contributed by atoms with Crippen LogP contribution in [0, 0.1) is 0 Å². The molecule has 0 aliphatic carbocycles. The number of aliphatic hydroxyl groups excluding tert-OH is 1. The van der Waals surface area contributed by atoms with Crippen molar-refractivity contribution in [2.75, 3.05) is 24.7 Å². The van der Waals surface area contributed by atoms with E-state index in [2.05, 4.69) is 34.4 Å². The molecular formula is C21H26FN10O9P. The second kappa shape index (κ2) is 10.9. The summed E-state index contributed by atoms with van der Waals surface area (Å²) in [6, 6.07) is 0. The number of aromatic nitrogens is 8. The molecule has 42 heavy (non-hydrogen) atoms. The molecule has 0 saturated carbocycles. The third-order valence-electron chi connectivity index (χ3n) is 7.01. The second-order valence-electron chi connectivity index (χ2n) is 9.73. The number of aromatic amines is 1. The lowest BCUT2D eigenvalue weighted by molar-refractivity contribution is -0.119. The van der Waals surface area contributed by atoms with Gasteiger partial charge >= 0.3 is 7.82 Å². The quantitative estimate of drug-likeness (QED) is 0.122. The molecule has 2 aliphatic heterocycles. The lowest BCUT2D eigenvalue weighted by Gasteiger charge is -2.25. The summed E-state index contributed by atoms with van der Waals surface area (Å²) in [5.41, 5.74) is 11.7. The number of hydrogen-bond acceptors (Lipinski definition) is 14. The van der Waals surface area contributed by atoms with E-state index in [9.17, 15) is 14.5 Å². The van der Waals surface area contributed by atoms with Crippen LogP contribution < -0.4 is 17.0 Å². The van der Waals surface area contributed by atoms with Gasteiger partial charge in [0.1, 0.15) is 36.4 Å². The molecule has 2 fully saturated rings. The minimum Gasteiger partial charge on any atom is -0.388 e. The van der Waals surface area contributed by atoms with Crippen molar-refractivity contribution in [2.24, 2.45) is 0 Å². The highest BCUT2D eigenvalue weighted by Gasteiger charge is 2.49. The van der Waals surface area contributed by atoms with Crippen molar-refractivity contribution in [1.82, 2.24) is 39.0 Å². The van der Waals surface area contributed by atoms with Gasteiger partial charge in [-0.2, -0.15) is 4.98 Å². The molecule has 0 amide bonds. The van der Waals surface area contributed by atoms with Crippen LogP contribution in [0.3, 0.4) is 0 Å². The number of halogens is 1. The first-order valence-corrected chi connectivity index (χ1v) is 14.1. The first kappa shape index (κ1) is 28.5. The standard InChI is InChI=1S/C21H26FN10O9P/c22-12-10(4-39-42(35,36)37)41-20(32-7-27-13-16(23)25-5-26-17(13)32)15(12)38-3-8(33)9-1-2-11(40-9)31-6-28-14-18(31)29-21(24)30-19(14)34/h5-12,15,20,33H,1-4H2,(H2,23,25,26)(H2,35,36,37)(H3,24,29,30,34)/t8?,9?,10?,11-,12?,15?,20?/m1/s1. The Morgan fingerprint density at radius 1 is 1.12 bits per heavy atom. The third-order valence-corrected chi connectivity index (χ3v) is 7.50. The molecule has 0 radical (unpaired) electrons. The monoisotopic (exact) mass is 612 g/mol. The average molecular weight is 612 g/mol. The maximum absolute atomic E-state index is 15.6. The fourth-order valence-corrected chi connectivity index (χ4v) is 5.40.